The maximum absolute atomic E-state index is 12.2. The van der Waals surface area contributed by atoms with E-state index in [0.717, 1.165) is 5.56 Å². The fourth-order valence-corrected chi connectivity index (χ4v) is 1.94. The zero-order valence-electron chi connectivity index (χ0n) is 11.3. The summed E-state index contributed by atoms with van der Waals surface area (Å²) in [6, 6.07) is 5.14. The van der Waals surface area contributed by atoms with E-state index in [1.807, 2.05) is 13.8 Å². The molecule has 0 aliphatic rings. The summed E-state index contributed by atoms with van der Waals surface area (Å²) in [4.78, 5) is 16.2. The molecule has 106 valence electrons. The molecule has 0 atom stereocenters. The van der Waals surface area contributed by atoms with Gasteiger partial charge in [-0.15, -0.1) is 0 Å². The molecule has 0 saturated heterocycles. The Labute approximate surface area is 122 Å². The largest absolute Gasteiger partial charge is 0.434 e. The van der Waals surface area contributed by atoms with Crippen LogP contribution in [0.3, 0.4) is 0 Å². The highest BCUT2D eigenvalue weighted by molar-refractivity contribution is 6.30. The molecule has 0 bridgehead atoms. The third-order valence-corrected chi connectivity index (χ3v) is 3.08. The Morgan fingerprint density at radius 2 is 2.20 bits per heavy atom. The molecule has 0 aliphatic heterocycles. The first kappa shape index (κ1) is 14.6. The van der Waals surface area contributed by atoms with Crippen LogP contribution in [-0.2, 0) is 6.54 Å². The Kier molecular flexibility index (Phi) is 4.42. The molecule has 0 saturated carbocycles. The smallest absolute Gasteiger partial charge is 0.313 e. The molecular weight excluding hydrogens is 278 g/mol. The number of aromatic nitrogens is 2. The van der Waals surface area contributed by atoms with Gasteiger partial charge in [-0.2, -0.15) is 0 Å². The van der Waals surface area contributed by atoms with Crippen molar-refractivity contribution in [3.8, 4) is 11.6 Å². The van der Waals surface area contributed by atoms with E-state index in [4.69, 9.17) is 22.1 Å². The topological polar surface area (TPSA) is 70.1 Å². The van der Waals surface area contributed by atoms with Gasteiger partial charge < -0.3 is 15.0 Å². The lowest BCUT2D eigenvalue weighted by Crippen LogP contribution is -2.23. The van der Waals surface area contributed by atoms with Crippen LogP contribution >= 0.6 is 11.6 Å². The van der Waals surface area contributed by atoms with Gasteiger partial charge in [0.25, 0.3) is 5.88 Å². The van der Waals surface area contributed by atoms with E-state index in [0.29, 0.717) is 10.8 Å². The lowest BCUT2D eigenvalue weighted by Gasteiger charge is -2.12. The van der Waals surface area contributed by atoms with Gasteiger partial charge in [-0.3, -0.25) is 4.79 Å². The molecule has 5 nitrogen and oxygen atoms in total. The third kappa shape index (κ3) is 3.00. The van der Waals surface area contributed by atoms with Crippen molar-refractivity contribution in [2.45, 2.75) is 26.4 Å². The minimum absolute atomic E-state index is 0.0122. The van der Waals surface area contributed by atoms with Gasteiger partial charge in [-0.05, 0) is 26.0 Å². The van der Waals surface area contributed by atoms with Crippen molar-refractivity contribution in [3.05, 3.63) is 51.5 Å². The molecule has 1 aromatic carbocycles. The van der Waals surface area contributed by atoms with E-state index in [-0.39, 0.29) is 24.0 Å². The molecule has 2 aromatic rings. The zero-order valence-corrected chi connectivity index (χ0v) is 12.1. The van der Waals surface area contributed by atoms with E-state index in [9.17, 15) is 4.79 Å². The third-order valence-electron chi connectivity index (χ3n) is 2.85. The maximum atomic E-state index is 12.2. The lowest BCUT2D eigenvalue weighted by atomic mass is 10.2. The quantitative estimate of drug-likeness (QED) is 0.941. The summed E-state index contributed by atoms with van der Waals surface area (Å²) < 4.78 is 7.14. The molecule has 0 radical (unpaired) electrons. The fraction of sp³-hybridized carbons (Fsp3) is 0.286. The predicted molar refractivity (Wildman–Crippen MR) is 78.3 cm³/mol. The molecule has 20 heavy (non-hydrogen) atoms. The standard InChI is InChI=1S/C14H16ClN3O2/c1-9(2)18-6-5-17-13(14(18)19)20-12-7-11(15)4-3-10(12)8-16/h3-7,9H,8,16H2,1-2H3. The van der Waals surface area contributed by atoms with Crippen LogP contribution in [-0.4, -0.2) is 9.55 Å². The van der Waals surface area contributed by atoms with Crippen molar-refractivity contribution in [3.63, 3.8) is 0 Å². The number of benzene rings is 1. The molecule has 1 aromatic heterocycles. The molecule has 0 spiro atoms. The van der Waals surface area contributed by atoms with Gasteiger partial charge in [0, 0.05) is 35.6 Å². The van der Waals surface area contributed by atoms with Gasteiger partial charge in [-0.1, -0.05) is 17.7 Å². The second-order valence-corrected chi connectivity index (χ2v) is 5.03. The summed E-state index contributed by atoms with van der Waals surface area (Å²) in [6.07, 6.45) is 3.16. The molecule has 0 amide bonds. The van der Waals surface area contributed by atoms with Crippen LogP contribution in [0.4, 0.5) is 0 Å². The predicted octanol–water partition coefficient (Wildman–Crippen LogP) is 2.73. The van der Waals surface area contributed by atoms with Gasteiger partial charge in [0.1, 0.15) is 5.75 Å². The first-order chi connectivity index (χ1) is 9.52. The van der Waals surface area contributed by atoms with Gasteiger partial charge in [0.15, 0.2) is 0 Å². The summed E-state index contributed by atoms with van der Waals surface area (Å²) in [5.74, 6) is 0.462. The summed E-state index contributed by atoms with van der Waals surface area (Å²) in [6.45, 7) is 4.11. The minimum atomic E-state index is -0.287. The first-order valence-electron chi connectivity index (χ1n) is 6.26. The number of ether oxygens (including phenoxy) is 1. The Bertz CT molecular complexity index is 668. The van der Waals surface area contributed by atoms with Crippen molar-refractivity contribution < 1.29 is 4.74 Å². The van der Waals surface area contributed by atoms with Crippen molar-refractivity contribution in [2.24, 2.45) is 5.73 Å². The van der Waals surface area contributed by atoms with Crippen LogP contribution in [0.15, 0.2) is 35.4 Å². The van der Waals surface area contributed by atoms with Crippen molar-refractivity contribution in [2.75, 3.05) is 0 Å². The monoisotopic (exact) mass is 293 g/mol. The molecule has 2 N–H and O–H groups in total. The highest BCUT2D eigenvalue weighted by Gasteiger charge is 2.12. The zero-order chi connectivity index (χ0) is 14.7. The van der Waals surface area contributed by atoms with Crippen LogP contribution in [0.5, 0.6) is 11.6 Å². The van der Waals surface area contributed by atoms with Crippen LogP contribution in [0, 0.1) is 0 Å². The van der Waals surface area contributed by atoms with E-state index in [2.05, 4.69) is 4.98 Å². The van der Waals surface area contributed by atoms with E-state index < -0.39 is 0 Å². The maximum Gasteiger partial charge on any atom is 0.313 e. The van der Waals surface area contributed by atoms with Gasteiger partial charge in [-0.25, -0.2) is 4.98 Å². The second-order valence-electron chi connectivity index (χ2n) is 4.60. The molecule has 6 heteroatoms. The number of hydrogen-bond acceptors (Lipinski definition) is 4. The van der Waals surface area contributed by atoms with E-state index in [1.165, 1.54) is 6.20 Å². The average Bonchev–Trinajstić information content (AvgIpc) is 2.41. The molecule has 0 fully saturated rings. The minimum Gasteiger partial charge on any atom is -0.434 e. The van der Waals surface area contributed by atoms with Crippen molar-refractivity contribution in [1.82, 2.24) is 9.55 Å². The molecule has 1 heterocycles. The summed E-state index contributed by atoms with van der Waals surface area (Å²) in [7, 11) is 0. The molecule has 2 rings (SSSR count). The highest BCUT2D eigenvalue weighted by atomic mass is 35.5. The molecule has 0 aliphatic carbocycles. The molecular formula is C14H16ClN3O2. The van der Waals surface area contributed by atoms with Gasteiger partial charge in [0.2, 0.25) is 0 Å². The lowest BCUT2D eigenvalue weighted by molar-refractivity contribution is 0.432. The van der Waals surface area contributed by atoms with Crippen molar-refractivity contribution >= 4 is 11.6 Å². The number of nitrogens with two attached hydrogens (primary N) is 1. The van der Waals surface area contributed by atoms with Crippen LogP contribution in [0.2, 0.25) is 5.02 Å². The summed E-state index contributed by atoms with van der Waals surface area (Å²) in [5, 5.41) is 0.511. The summed E-state index contributed by atoms with van der Waals surface area (Å²) >= 11 is 5.94. The highest BCUT2D eigenvalue weighted by Crippen LogP contribution is 2.26. The number of hydrogen-bond donors (Lipinski definition) is 1. The average molecular weight is 294 g/mol. The SMILES string of the molecule is CC(C)n1ccnc(Oc2cc(Cl)ccc2CN)c1=O. The Morgan fingerprint density at radius 1 is 1.45 bits per heavy atom. The Hall–Kier alpha value is -1.85. The van der Waals surface area contributed by atoms with Gasteiger partial charge in [0.05, 0.1) is 0 Å². The first-order valence-corrected chi connectivity index (χ1v) is 6.64. The van der Waals surface area contributed by atoms with Crippen LogP contribution < -0.4 is 16.0 Å². The van der Waals surface area contributed by atoms with Crippen LogP contribution in [0.1, 0.15) is 25.5 Å². The summed E-state index contributed by atoms with van der Waals surface area (Å²) in [5.41, 5.74) is 6.12. The second kappa shape index (κ2) is 6.07. The van der Waals surface area contributed by atoms with Gasteiger partial charge >= 0.3 is 5.56 Å². The number of nitrogens with zero attached hydrogens (tertiary/aromatic N) is 2. The van der Waals surface area contributed by atoms with Crippen molar-refractivity contribution in [1.29, 1.82) is 0 Å². The fourth-order valence-electron chi connectivity index (χ4n) is 1.78. The Balaban J connectivity index is 2.43. The van der Waals surface area contributed by atoms with E-state index >= 15 is 0 Å². The number of halogens is 1. The Morgan fingerprint density at radius 3 is 2.85 bits per heavy atom. The molecule has 0 unspecified atom stereocenters. The number of rotatable bonds is 4. The normalized spacial score (nSPS) is 10.8. The van der Waals surface area contributed by atoms with E-state index in [1.54, 1.807) is 29.0 Å². The van der Waals surface area contributed by atoms with Crippen LogP contribution in [0.25, 0.3) is 0 Å².